The number of ether oxygens (including phenoxy) is 1. The van der Waals surface area contributed by atoms with Crippen molar-refractivity contribution in [2.24, 2.45) is 0 Å². The Balaban J connectivity index is 1.38. The number of anilines is 2. The summed E-state index contributed by atoms with van der Waals surface area (Å²) < 4.78 is 11.0. The predicted molar refractivity (Wildman–Crippen MR) is 128 cm³/mol. The summed E-state index contributed by atoms with van der Waals surface area (Å²) in [6.45, 7) is 1.89. The lowest BCUT2D eigenvalue weighted by Gasteiger charge is -2.18. The van der Waals surface area contributed by atoms with Crippen LogP contribution in [0.25, 0.3) is 11.1 Å². The van der Waals surface area contributed by atoms with E-state index in [-0.39, 0.29) is 17.6 Å². The molecule has 0 saturated heterocycles. The number of furan rings is 1. The van der Waals surface area contributed by atoms with Crippen molar-refractivity contribution in [2.75, 3.05) is 10.6 Å². The first-order valence-corrected chi connectivity index (χ1v) is 10.7. The molecule has 4 rings (SSSR count). The van der Waals surface area contributed by atoms with Crippen molar-refractivity contribution in [3.63, 3.8) is 0 Å². The Hall–Kier alpha value is -4.32. The summed E-state index contributed by atoms with van der Waals surface area (Å²) in [5.74, 6) is 0.203. The summed E-state index contributed by atoms with van der Waals surface area (Å²) in [6, 6.07) is 27.9. The Bertz CT molecular complexity index is 1200. The summed E-state index contributed by atoms with van der Waals surface area (Å²) in [5.41, 5.74) is 3.29. The number of rotatable bonds is 8. The molecule has 0 bridgehead atoms. The molecular weight excluding hydrogens is 416 g/mol. The van der Waals surface area contributed by atoms with Gasteiger partial charge in [0.2, 0.25) is 0 Å². The van der Waals surface area contributed by atoms with Gasteiger partial charge in [-0.1, -0.05) is 55.5 Å². The van der Waals surface area contributed by atoms with E-state index in [2.05, 4.69) is 10.6 Å². The van der Waals surface area contributed by atoms with Gasteiger partial charge in [-0.05, 0) is 60.0 Å². The molecule has 166 valence electrons. The van der Waals surface area contributed by atoms with Crippen LogP contribution in [0, 0.1) is 0 Å². The minimum Gasteiger partial charge on any atom is -0.481 e. The van der Waals surface area contributed by atoms with Crippen molar-refractivity contribution in [2.45, 2.75) is 19.4 Å². The van der Waals surface area contributed by atoms with Gasteiger partial charge in [0.05, 0.1) is 6.26 Å². The molecule has 2 amide bonds. The van der Waals surface area contributed by atoms with E-state index in [1.165, 1.54) is 6.26 Å². The SMILES string of the molecule is CCC(Oc1ccc(-c2ccccc2)cc1)C(=O)Nc1cccc(NC(=O)c2ccco2)c1. The van der Waals surface area contributed by atoms with Gasteiger partial charge in [0, 0.05) is 11.4 Å². The Morgan fingerprint density at radius 2 is 1.52 bits per heavy atom. The first-order valence-electron chi connectivity index (χ1n) is 10.7. The number of carbonyl (C=O) groups is 2. The average molecular weight is 440 g/mol. The molecule has 6 heteroatoms. The molecule has 2 N–H and O–H groups in total. The molecule has 0 aliphatic rings. The fourth-order valence-electron chi connectivity index (χ4n) is 3.34. The maximum Gasteiger partial charge on any atom is 0.291 e. The van der Waals surface area contributed by atoms with Crippen LogP contribution in [0.5, 0.6) is 5.75 Å². The van der Waals surface area contributed by atoms with E-state index in [0.29, 0.717) is 23.5 Å². The van der Waals surface area contributed by atoms with Crippen LogP contribution in [0.15, 0.2) is 102 Å². The van der Waals surface area contributed by atoms with E-state index in [1.54, 1.807) is 36.4 Å². The largest absolute Gasteiger partial charge is 0.481 e. The summed E-state index contributed by atoms with van der Waals surface area (Å²) >= 11 is 0. The maximum atomic E-state index is 12.8. The van der Waals surface area contributed by atoms with Gasteiger partial charge < -0.3 is 19.8 Å². The van der Waals surface area contributed by atoms with Crippen LogP contribution >= 0.6 is 0 Å². The van der Waals surface area contributed by atoms with Crippen LogP contribution in [0.2, 0.25) is 0 Å². The zero-order chi connectivity index (χ0) is 23.0. The van der Waals surface area contributed by atoms with Gasteiger partial charge >= 0.3 is 0 Å². The van der Waals surface area contributed by atoms with Crippen molar-refractivity contribution in [3.8, 4) is 16.9 Å². The van der Waals surface area contributed by atoms with Crippen molar-refractivity contribution < 1.29 is 18.7 Å². The van der Waals surface area contributed by atoms with Crippen molar-refractivity contribution in [1.29, 1.82) is 0 Å². The van der Waals surface area contributed by atoms with E-state index >= 15 is 0 Å². The third kappa shape index (κ3) is 5.68. The molecule has 1 heterocycles. The lowest BCUT2D eigenvalue weighted by atomic mass is 10.1. The Morgan fingerprint density at radius 3 is 2.18 bits per heavy atom. The highest BCUT2D eigenvalue weighted by Crippen LogP contribution is 2.23. The Labute approximate surface area is 192 Å². The quantitative estimate of drug-likeness (QED) is 0.352. The first kappa shape index (κ1) is 21.9. The number of benzene rings is 3. The third-order valence-electron chi connectivity index (χ3n) is 5.04. The molecule has 3 aromatic carbocycles. The topological polar surface area (TPSA) is 80.6 Å². The fourth-order valence-corrected chi connectivity index (χ4v) is 3.34. The number of hydrogen-bond acceptors (Lipinski definition) is 4. The molecule has 1 aromatic heterocycles. The van der Waals surface area contributed by atoms with Crippen LogP contribution in [0.1, 0.15) is 23.9 Å². The van der Waals surface area contributed by atoms with Gasteiger partial charge in [0.25, 0.3) is 11.8 Å². The predicted octanol–water partition coefficient (Wildman–Crippen LogP) is 6.00. The highest BCUT2D eigenvalue weighted by atomic mass is 16.5. The first-order chi connectivity index (χ1) is 16.1. The molecular formula is C27H24N2O4. The van der Waals surface area contributed by atoms with Gasteiger partial charge in [0.15, 0.2) is 11.9 Å². The smallest absolute Gasteiger partial charge is 0.291 e. The van der Waals surface area contributed by atoms with Gasteiger partial charge in [-0.15, -0.1) is 0 Å². The average Bonchev–Trinajstić information content (AvgIpc) is 3.39. The number of carbonyl (C=O) groups excluding carboxylic acids is 2. The van der Waals surface area contributed by atoms with E-state index in [4.69, 9.17) is 9.15 Å². The molecule has 0 aliphatic carbocycles. The van der Waals surface area contributed by atoms with Crippen molar-refractivity contribution in [1.82, 2.24) is 0 Å². The molecule has 6 nitrogen and oxygen atoms in total. The van der Waals surface area contributed by atoms with E-state index in [1.807, 2.05) is 61.5 Å². The van der Waals surface area contributed by atoms with Gasteiger partial charge in [-0.3, -0.25) is 9.59 Å². The third-order valence-corrected chi connectivity index (χ3v) is 5.04. The second kappa shape index (κ2) is 10.3. The van der Waals surface area contributed by atoms with Crippen LogP contribution in [-0.4, -0.2) is 17.9 Å². The number of hydrogen-bond donors (Lipinski definition) is 2. The highest BCUT2D eigenvalue weighted by Gasteiger charge is 2.19. The highest BCUT2D eigenvalue weighted by molar-refractivity contribution is 6.03. The molecule has 0 spiro atoms. The minimum atomic E-state index is -0.658. The molecule has 1 atom stereocenters. The lowest BCUT2D eigenvalue weighted by molar-refractivity contribution is -0.122. The zero-order valence-electron chi connectivity index (χ0n) is 18.2. The van der Waals surface area contributed by atoms with Crippen LogP contribution in [0.4, 0.5) is 11.4 Å². The van der Waals surface area contributed by atoms with Crippen molar-refractivity contribution >= 4 is 23.2 Å². The number of nitrogens with one attached hydrogen (secondary N) is 2. The standard InChI is InChI=1S/C27H24N2O4/c1-2-24(33-23-15-13-20(14-16-23)19-8-4-3-5-9-19)26(30)28-21-10-6-11-22(18-21)29-27(31)25-12-7-17-32-25/h3-18,24H,2H2,1H3,(H,28,30)(H,29,31). The van der Waals surface area contributed by atoms with Crippen LogP contribution in [0.3, 0.4) is 0 Å². The zero-order valence-corrected chi connectivity index (χ0v) is 18.2. The van der Waals surface area contributed by atoms with E-state index < -0.39 is 6.10 Å². The molecule has 0 radical (unpaired) electrons. The molecule has 33 heavy (non-hydrogen) atoms. The van der Waals surface area contributed by atoms with Crippen molar-refractivity contribution in [3.05, 3.63) is 103 Å². The normalized spacial score (nSPS) is 11.4. The monoisotopic (exact) mass is 440 g/mol. The Morgan fingerprint density at radius 1 is 0.818 bits per heavy atom. The van der Waals surface area contributed by atoms with Gasteiger partial charge in [-0.25, -0.2) is 0 Å². The second-order valence-electron chi connectivity index (χ2n) is 7.41. The van der Waals surface area contributed by atoms with Gasteiger partial charge in [0.1, 0.15) is 5.75 Å². The Kier molecular flexibility index (Phi) is 6.85. The number of amides is 2. The van der Waals surface area contributed by atoms with E-state index in [0.717, 1.165) is 11.1 Å². The lowest BCUT2D eigenvalue weighted by Crippen LogP contribution is -2.32. The summed E-state index contributed by atoms with van der Waals surface area (Å²) in [6.07, 6.45) is 1.28. The molecule has 0 fully saturated rings. The van der Waals surface area contributed by atoms with E-state index in [9.17, 15) is 9.59 Å². The van der Waals surface area contributed by atoms with Crippen LogP contribution < -0.4 is 15.4 Å². The molecule has 0 saturated carbocycles. The molecule has 0 aliphatic heterocycles. The maximum absolute atomic E-state index is 12.8. The second-order valence-corrected chi connectivity index (χ2v) is 7.41. The summed E-state index contributed by atoms with van der Waals surface area (Å²) in [5, 5.41) is 5.60. The van der Waals surface area contributed by atoms with Crippen LogP contribution in [-0.2, 0) is 4.79 Å². The molecule has 1 unspecified atom stereocenters. The molecule has 4 aromatic rings. The fraction of sp³-hybridized carbons (Fsp3) is 0.111. The summed E-state index contributed by atoms with van der Waals surface area (Å²) in [4.78, 5) is 25.0. The van der Waals surface area contributed by atoms with Gasteiger partial charge in [-0.2, -0.15) is 0 Å². The summed E-state index contributed by atoms with van der Waals surface area (Å²) in [7, 11) is 0. The minimum absolute atomic E-state index is 0.210.